The Kier molecular flexibility index (Phi) is 2.52. The van der Waals surface area contributed by atoms with Crippen LogP contribution in [0, 0.1) is 6.92 Å². The molecule has 0 radical (unpaired) electrons. The summed E-state index contributed by atoms with van der Waals surface area (Å²) in [5.74, 6) is 0. The zero-order chi connectivity index (χ0) is 11.7. The van der Waals surface area contributed by atoms with E-state index in [0.29, 0.717) is 5.56 Å². The maximum atomic E-state index is 12.1. The third kappa shape index (κ3) is 1.41. The van der Waals surface area contributed by atoms with Gasteiger partial charge in [-0.2, -0.15) is 0 Å². The van der Waals surface area contributed by atoms with Crippen molar-refractivity contribution < 1.29 is 0 Å². The van der Waals surface area contributed by atoms with Crippen LogP contribution in [-0.2, 0) is 7.05 Å². The van der Waals surface area contributed by atoms with Crippen molar-refractivity contribution in [3.05, 3.63) is 58.5 Å². The van der Waals surface area contributed by atoms with E-state index in [4.69, 9.17) is 0 Å². The second-order valence-electron chi connectivity index (χ2n) is 3.68. The van der Waals surface area contributed by atoms with Gasteiger partial charge in [0.2, 0.25) is 0 Å². The first-order valence-corrected chi connectivity index (χ1v) is 5.13. The van der Waals surface area contributed by atoms with Gasteiger partial charge in [-0.05, 0) is 19.1 Å². The summed E-state index contributed by atoms with van der Waals surface area (Å²) < 4.78 is 3.49. The number of rotatable bonds is 2. The normalized spacial score (nSPS) is 10.4. The van der Waals surface area contributed by atoms with Gasteiger partial charge in [-0.1, -0.05) is 30.9 Å². The van der Waals surface area contributed by atoms with Gasteiger partial charge in [0.15, 0.2) is 0 Å². The molecule has 0 amide bonds. The Labute approximate surface area is 94.2 Å². The molecule has 0 aliphatic carbocycles. The highest BCUT2D eigenvalue weighted by Gasteiger charge is 2.12. The highest BCUT2D eigenvalue weighted by atomic mass is 16.1. The number of para-hydroxylation sites is 1. The van der Waals surface area contributed by atoms with Crippen LogP contribution >= 0.6 is 0 Å². The first-order valence-electron chi connectivity index (χ1n) is 5.13. The summed E-state index contributed by atoms with van der Waals surface area (Å²) in [6, 6.07) is 9.58. The lowest BCUT2D eigenvalue weighted by Crippen LogP contribution is -2.20. The van der Waals surface area contributed by atoms with Crippen LogP contribution in [-0.4, -0.2) is 9.36 Å². The van der Waals surface area contributed by atoms with E-state index in [1.165, 1.54) is 0 Å². The molecule has 0 atom stereocenters. The highest BCUT2D eigenvalue weighted by molar-refractivity contribution is 5.50. The lowest BCUT2D eigenvalue weighted by molar-refractivity contribution is 0.630. The first-order chi connectivity index (χ1) is 7.66. The molecule has 3 heteroatoms. The number of nitrogens with zero attached hydrogens (tertiary/aromatic N) is 2. The van der Waals surface area contributed by atoms with Gasteiger partial charge in [0, 0.05) is 12.7 Å². The van der Waals surface area contributed by atoms with Crippen LogP contribution in [0.5, 0.6) is 0 Å². The Hall–Kier alpha value is -2.03. The van der Waals surface area contributed by atoms with Crippen molar-refractivity contribution in [2.75, 3.05) is 0 Å². The molecule has 3 nitrogen and oxygen atoms in total. The molecule has 1 heterocycles. The van der Waals surface area contributed by atoms with E-state index in [-0.39, 0.29) is 5.56 Å². The Bertz CT molecular complexity index is 576. The number of aromatic nitrogens is 2. The van der Waals surface area contributed by atoms with Crippen LogP contribution in [0.3, 0.4) is 0 Å². The van der Waals surface area contributed by atoms with Gasteiger partial charge in [-0.25, -0.2) is 4.68 Å². The molecular formula is C13H14N2O. The van der Waals surface area contributed by atoms with Crippen molar-refractivity contribution in [1.29, 1.82) is 0 Å². The molecule has 0 fully saturated rings. The molecule has 1 aromatic heterocycles. The largest absolute Gasteiger partial charge is 0.285 e. The molecular weight excluding hydrogens is 200 g/mol. The van der Waals surface area contributed by atoms with Crippen LogP contribution in [0.15, 0.2) is 41.7 Å². The van der Waals surface area contributed by atoms with Gasteiger partial charge in [0.1, 0.15) is 0 Å². The molecule has 0 saturated heterocycles. The fourth-order valence-corrected chi connectivity index (χ4v) is 1.82. The fraction of sp³-hybridized carbons (Fsp3) is 0.154. The Morgan fingerprint density at radius 3 is 2.38 bits per heavy atom. The van der Waals surface area contributed by atoms with Crippen LogP contribution in [0.25, 0.3) is 11.8 Å². The summed E-state index contributed by atoms with van der Waals surface area (Å²) in [4.78, 5) is 12.1. The van der Waals surface area contributed by atoms with Crippen LogP contribution in [0.2, 0.25) is 0 Å². The van der Waals surface area contributed by atoms with Crippen molar-refractivity contribution in [3.8, 4) is 5.69 Å². The van der Waals surface area contributed by atoms with E-state index in [1.807, 2.05) is 49.0 Å². The second kappa shape index (κ2) is 3.85. The van der Waals surface area contributed by atoms with E-state index in [2.05, 4.69) is 6.58 Å². The van der Waals surface area contributed by atoms with Gasteiger partial charge in [-0.3, -0.25) is 9.48 Å². The third-order valence-electron chi connectivity index (χ3n) is 2.80. The number of hydrogen-bond donors (Lipinski definition) is 0. The predicted molar refractivity (Wildman–Crippen MR) is 65.8 cm³/mol. The molecule has 1 aromatic carbocycles. The zero-order valence-electron chi connectivity index (χ0n) is 9.47. The van der Waals surface area contributed by atoms with E-state index < -0.39 is 0 Å². The third-order valence-corrected chi connectivity index (χ3v) is 2.80. The monoisotopic (exact) mass is 214 g/mol. The van der Waals surface area contributed by atoms with E-state index in [1.54, 1.807) is 10.8 Å². The van der Waals surface area contributed by atoms with Crippen LogP contribution in [0.4, 0.5) is 0 Å². The van der Waals surface area contributed by atoms with Crippen molar-refractivity contribution >= 4 is 6.08 Å². The zero-order valence-corrected chi connectivity index (χ0v) is 9.47. The van der Waals surface area contributed by atoms with Gasteiger partial charge >= 0.3 is 0 Å². The smallest absolute Gasteiger partial charge is 0.278 e. The molecule has 0 aliphatic heterocycles. The lowest BCUT2D eigenvalue weighted by atomic mass is 10.2. The molecule has 0 bridgehead atoms. The SMILES string of the molecule is C=Cc1c(C)n(C)n(-c2ccccc2)c1=O. The maximum Gasteiger partial charge on any atom is 0.278 e. The Balaban J connectivity index is 2.77. The van der Waals surface area contributed by atoms with Crippen LogP contribution < -0.4 is 5.56 Å². The van der Waals surface area contributed by atoms with E-state index >= 15 is 0 Å². The molecule has 0 aliphatic rings. The summed E-state index contributed by atoms with van der Waals surface area (Å²) in [6.07, 6.45) is 1.61. The molecule has 0 N–H and O–H groups in total. The summed E-state index contributed by atoms with van der Waals surface area (Å²) in [5, 5.41) is 0. The molecule has 0 unspecified atom stereocenters. The van der Waals surface area contributed by atoms with Crippen molar-refractivity contribution in [3.63, 3.8) is 0 Å². The molecule has 0 saturated carbocycles. The Morgan fingerprint density at radius 2 is 1.88 bits per heavy atom. The van der Waals surface area contributed by atoms with E-state index in [9.17, 15) is 4.79 Å². The average Bonchev–Trinajstić information content (AvgIpc) is 2.51. The molecule has 2 aromatic rings. The number of benzene rings is 1. The second-order valence-corrected chi connectivity index (χ2v) is 3.68. The maximum absolute atomic E-state index is 12.1. The minimum absolute atomic E-state index is 0.0267. The predicted octanol–water partition coefficient (Wildman–Crippen LogP) is 2.13. The average molecular weight is 214 g/mol. The van der Waals surface area contributed by atoms with E-state index in [0.717, 1.165) is 11.4 Å². The first kappa shape index (κ1) is 10.5. The van der Waals surface area contributed by atoms with Crippen LogP contribution in [0.1, 0.15) is 11.3 Å². The fourth-order valence-electron chi connectivity index (χ4n) is 1.82. The molecule has 2 rings (SSSR count). The van der Waals surface area contributed by atoms with Crippen molar-refractivity contribution in [2.24, 2.45) is 7.05 Å². The van der Waals surface area contributed by atoms with Gasteiger partial charge in [-0.15, -0.1) is 0 Å². The summed E-state index contributed by atoms with van der Waals surface area (Å²) in [5.41, 5.74) is 2.42. The van der Waals surface area contributed by atoms with Crippen molar-refractivity contribution in [1.82, 2.24) is 9.36 Å². The van der Waals surface area contributed by atoms with Gasteiger partial charge in [0.25, 0.3) is 5.56 Å². The molecule has 82 valence electrons. The summed E-state index contributed by atoms with van der Waals surface area (Å²) >= 11 is 0. The number of hydrogen-bond acceptors (Lipinski definition) is 1. The quantitative estimate of drug-likeness (QED) is 0.752. The Morgan fingerprint density at radius 1 is 1.25 bits per heavy atom. The minimum Gasteiger partial charge on any atom is -0.285 e. The molecule has 0 spiro atoms. The van der Waals surface area contributed by atoms with Gasteiger partial charge in [0.05, 0.1) is 11.3 Å². The van der Waals surface area contributed by atoms with Gasteiger partial charge < -0.3 is 0 Å². The molecule has 16 heavy (non-hydrogen) atoms. The topological polar surface area (TPSA) is 26.9 Å². The standard InChI is InChI=1S/C13H14N2O/c1-4-12-10(2)14(3)15(13(12)16)11-8-6-5-7-9-11/h4-9H,1H2,2-3H3. The lowest BCUT2D eigenvalue weighted by Gasteiger charge is -2.07. The van der Waals surface area contributed by atoms with Crippen molar-refractivity contribution in [2.45, 2.75) is 6.92 Å². The highest BCUT2D eigenvalue weighted by Crippen LogP contribution is 2.10. The summed E-state index contributed by atoms with van der Waals surface area (Å²) in [7, 11) is 1.87. The minimum atomic E-state index is -0.0267. The summed E-state index contributed by atoms with van der Waals surface area (Å²) in [6.45, 7) is 5.59.